The van der Waals surface area contributed by atoms with E-state index in [2.05, 4.69) is 5.43 Å². The molecule has 1 amide bonds. The molecule has 1 N–H and O–H groups in total. The summed E-state index contributed by atoms with van der Waals surface area (Å²) in [5.41, 5.74) is 4.77. The number of hydrazine groups is 1. The van der Waals surface area contributed by atoms with Crippen LogP contribution in [0.2, 0.25) is 0 Å². The lowest BCUT2D eigenvalue weighted by molar-refractivity contribution is -0.121. The Labute approximate surface area is 136 Å². The first-order valence-electron chi connectivity index (χ1n) is 7.43. The molecule has 2 aromatic rings. The Morgan fingerprint density at radius 2 is 1.83 bits per heavy atom. The first-order chi connectivity index (χ1) is 11.1. The van der Waals surface area contributed by atoms with E-state index >= 15 is 0 Å². The number of hydrogen-bond donors (Lipinski definition) is 1. The second-order valence-electron chi connectivity index (χ2n) is 5.11. The Morgan fingerprint density at radius 3 is 2.48 bits per heavy atom. The largest absolute Gasteiger partial charge is 0.497 e. The summed E-state index contributed by atoms with van der Waals surface area (Å²) >= 11 is 0. The maximum absolute atomic E-state index is 12.1. The van der Waals surface area contributed by atoms with Crippen LogP contribution in [0.1, 0.15) is 12.0 Å². The van der Waals surface area contributed by atoms with Crippen molar-refractivity contribution >= 4 is 11.6 Å². The van der Waals surface area contributed by atoms with Gasteiger partial charge in [0.05, 0.1) is 19.9 Å². The van der Waals surface area contributed by atoms with Crippen LogP contribution in [0.25, 0.3) is 0 Å². The van der Waals surface area contributed by atoms with Gasteiger partial charge in [0.1, 0.15) is 11.5 Å². The standard InChI is InChI=1S/C18H22N2O3/c1-20(15-7-5-4-6-8-15)19-18(21)12-10-14-9-11-16(22-2)13-17(14)23-3/h4-9,11,13H,10,12H2,1-3H3,(H,19,21). The van der Waals surface area contributed by atoms with Gasteiger partial charge >= 0.3 is 0 Å². The van der Waals surface area contributed by atoms with Gasteiger partial charge < -0.3 is 9.47 Å². The van der Waals surface area contributed by atoms with Crippen molar-refractivity contribution in [2.75, 3.05) is 26.3 Å². The van der Waals surface area contributed by atoms with Crippen LogP contribution in [0, 0.1) is 0 Å². The van der Waals surface area contributed by atoms with Crippen LogP contribution in [0.5, 0.6) is 11.5 Å². The van der Waals surface area contributed by atoms with Crippen molar-refractivity contribution in [2.45, 2.75) is 12.8 Å². The third kappa shape index (κ3) is 4.64. The summed E-state index contributed by atoms with van der Waals surface area (Å²) in [5.74, 6) is 1.42. The third-order valence-electron chi connectivity index (χ3n) is 3.55. The molecule has 0 heterocycles. The summed E-state index contributed by atoms with van der Waals surface area (Å²) in [4.78, 5) is 12.1. The lowest BCUT2D eigenvalue weighted by atomic mass is 10.1. The predicted molar refractivity (Wildman–Crippen MR) is 90.9 cm³/mol. The molecule has 2 rings (SSSR count). The van der Waals surface area contributed by atoms with Gasteiger partial charge in [-0.3, -0.25) is 15.2 Å². The topological polar surface area (TPSA) is 50.8 Å². The normalized spacial score (nSPS) is 10.0. The first kappa shape index (κ1) is 16.7. The quantitative estimate of drug-likeness (QED) is 0.799. The second kappa shape index (κ2) is 8.08. The highest BCUT2D eigenvalue weighted by atomic mass is 16.5. The highest BCUT2D eigenvalue weighted by Gasteiger charge is 2.10. The molecule has 0 aliphatic heterocycles. The fourth-order valence-electron chi connectivity index (χ4n) is 2.27. The van der Waals surface area contributed by atoms with Crippen LogP contribution in [0.3, 0.4) is 0 Å². The number of anilines is 1. The lowest BCUT2D eigenvalue weighted by Crippen LogP contribution is -2.39. The molecule has 0 spiro atoms. The number of carbonyl (C=O) groups excluding carboxylic acids is 1. The summed E-state index contributed by atoms with van der Waals surface area (Å²) < 4.78 is 10.5. The van der Waals surface area contributed by atoms with E-state index in [4.69, 9.17) is 9.47 Å². The van der Waals surface area contributed by atoms with E-state index in [0.29, 0.717) is 12.8 Å². The van der Waals surface area contributed by atoms with E-state index in [9.17, 15) is 4.79 Å². The van der Waals surface area contributed by atoms with Gasteiger partial charge in [-0.25, -0.2) is 0 Å². The lowest BCUT2D eigenvalue weighted by Gasteiger charge is -2.20. The predicted octanol–water partition coefficient (Wildman–Crippen LogP) is 2.80. The molecule has 0 unspecified atom stereocenters. The van der Waals surface area contributed by atoms with Crippen LogP contribution in [-0.2, 0) is 11.2 Å². The molecule has 5 nitrogen and oxygen atoms in total. The number of ether oxygens (including phenoxy) is 2. The number of nitrogens with one attached hydrogen (secondary N) is 1. The molecule has 0 radical (unpaired) electrons. The van der Waals surface area contributed by atoms with Crippen molar-refractivity contribution in [3.8, 4) is 11.5 Å². The molecule has 2 aromatic carbocycles. The van der Waals surface area contributed by atoms with E-state index in [1.54, 1.807) is 19.2 Å². The van der Waals surface area contributed by atoms with Gasteiger partial charge in [0.25, 0.3) is 0 Å². The van der Waals surface area contributed by atoms with Crippen LogP contribution in [-0.4, -0.2) is 27.2 Å². The van der Waals surface area contributed by atoms with Gasteiger partial charge in [0, 0.05) is 19.5 Å². The van der Waals surface area contributed by atoms with Gasteiger partial charge in [0.2, 0.25) is 5.91 Å². The van der Waals surface area contributed by atoms with Crippen LogP contribution < -0.4 is 19.9 Å². The Balaban J connectivity index is 1.92. The van der Waals surface area contributed by atoms with E-state index < -0.39 is 0 Å². The SMILES string of the molecule is COc1ccc(CCC(=O)NN(C)c2ccccc2)c(OC)c1. The van der Waals surface area contributed by atoms with Crippen molar-refractivity contribution in [1.82, 2.24) is 5.43 Å². The van der Waals surface area contributed by atoms with E-state index in [1.165, 1.54) is 0 Å². The summed E-state index contributed by atoms with van der Waals surface area (Å²) in [6.45, 7) is 0. The molecular weight excluding hydrogens is 292 g/mol. The molecule has 0 saturated carbocycles. The number of methoxy groups -OCH3 is 2. The molecular formula is C18H22N2O3. The number of rotatable bonds is 7. The van der Waals surface area contributed by atoms with E-state index in [0.717, 1.165) is 22.7 Å². The molecule has 0 saturated heterocycles. The Bertz CT molecular complexity index is 644. The van der Waals surface area contributed by atoms with Gasteiger partial charge in [-0.2, -0.15) is 0 Å². The van der Waals surface area contributed by atoms with Gasteiger partial charge in [-0.1, -0.05) is 24.3 Å². The number of aryl methyl sites for hydroxylation is 1. The molecule has 122 valence electrons. The molecule has 0 bridgehead atoms. The van der Waals surface area contributed by atoms with E-state index in [-0.39, 0.29) is 5.91 Å². The summed E-state index contributed by atoms with van der Waals surface area (Å²) in [7, 11) is 5.05. The molecule has 5 heteroatoms. The molecule has 0 aliphatic rings. The van der Waals surface area contributed by atoms with Gasteiger partial charge in [-0.05, 0) is 30.2 Å². The minimum atomic E-state index is -0.0470. The number of benzene rings is 2. The Morgan fingerprint density at radius 1 is 1.09 bits per heavy atom. The maximum Gasteiger partial charge on any atom is 0.238 e. The molecule has 0 fully saturated rings. The number of carbonyl (C=O) groups is 1. The van der Waals surface area contributed by atoms with Crippen LogP contribution in [0.15, 0.2) is 48.5 Å². The third-order valence-corrected chi connectivity index (χ3v) is 3.55. The zero-order chi connectivity index (χ0) is 16.7. The highest BCUT2D eigenvalue weighted by Crippen LogP contribution is 2.25. The highest BCUT2D eigenvalue weighted by molar-refractivity contribution is 5.78. The Kier molecular flexibility index (Phi) is 5.86. The zero-order valence-corrected chi connectivity index (χ0v) is 13.7. The van der Waals surface area contributed by atoms with Crippen molar-refractivity contribution in [2.24, 2.45) is 0 Å². The fourth-order valence-corrected chi connectivity index (χ4v) is 2.27. The minimum Gasteiger partial charge on any atom is -0.497 e. The fraction of sp³-hybridized carbons (Fsp3) is 0.278. The van der Waals surface area contributed by atoms with Crippen LogP contribution >= 0.6 is 0 Å². The van der Waals surface area contributed by atoms with Gasteiger partial charge in [-0.15, -0.1) is 0 Å². The number of amides is 1. The van der Waals surface area contributed by atoms with E-state index in [1.807, 2.05) is 55.6 Å². The second-order valence-corrected chi connectivity index (χ2v) is 5.11. The Hall–Kier alpha value is -2.69. The minimum absolute atomic E-state index is 0.0470. The van der Waals surface area contributed by atoms with Crippen molar-refractivity contribution in [1.29, 1.82) is 0 Å². The van der Waals surface area contributed by atoms with Crippen molar-refractivity contribution in [3.63, 3.8) is 0 Å². The zero-order valence-electron chi connectivity index (χ0n) is 13.7. The summed E-state index contributed by atoms with van der Waals surface area (Å²) in [6.07, 6.45) is 0.974. The number of nitrogens with zero attached hydrogens (tertiary/aromatic N) is 1. The summed E-state index contributed by atoms with van der Waals surface area (Å²) in [5, 5.41) is 1.72. The molecule has 23 heavy (non-hydrogen) atoms. The molecule has 0 aliphatic carbocycles. The number of hydrogen-bond acceptors (Lipinski definition) is 4. The first-order valence-corrected chi connectivity index (χ1v) is 7.43. The van der Waals surface area contributed by atoms with Crippen LogP contribution in [0.4, 0.5) is 5.69 Å². The van der Waals surface area contributed by atoms with Crippen molar-refractivity contribution < 1.29 is 14.3 Å². The molecule has 0 aromatic heterocycles. The average molecular weight is 314 g/mol. The maximum atomic E-state index is 12.1. The van der Waals surface area contributed by atoms with Crippen molar-refractivity contribution in [3.05, 3.63) is 54.1 Å². The van der Waals surface area contributed by atoms with Gasteiger partial charge in [0.15, 0.2) is 0 Å². The number of para-hydroxylation sites is 1. The molecule has 0 atom stereocenters. The smallest absolute Gasteiger partial charge is 0.238 e. The average Bonchev–Trinajstić information content (AvgIpc) is 2.60. The summed E-state index contributed by atoms with van der Waals surface area (Å²) in [6, 6.07) is 15.3. The monoisotopic (exact) mass is 314 g/mol.